The Labute approximate surface area is 173 Å². The fourth-order valence-corrected chi connectivity index (χ4v) is 7.19. The molecular formula is C25H33NO3. The van der Waals surface area contributed by atoms with E-state index in [9.17, 15) is 9.90 Å². The number of fused-ring (bicyclic) bond motifs is 3. The molecule has 4 nitrogen and oxygen atoms in total. The lowest BCUT2D eigenvalue weighted by atomic mass is 9.43. The summed E-state index contributed by atoms with van der Waals surface area (Å²) in [6, 6.07) is 2.04. The maximum Gasteiger partial charge on any atom is 0.252 e. The van der Waals surface area contributed by atoms with E-state index in [1.165, 1.54) is 5.56 Å². The molecule has 4 heteroatoms. The highest BCUT2D eigenvalue weighted by molar-refractivity contribution is 5.99. The zero-order chi connectivity index (χ0) is 20.9. The summed E-state index contributed by atoms with van der Waals surface area (Å²) in [5.74, 6) is 1.68. The number of aliphatic hydroxyl groups is 1. The summed E-state index contributed by atoms with van der Waals surface area (Å²) in [6.07, 6.45) is 3.33. The van der Waals surface area contributed by atoms with Crippen molar-refractivity contribution in [3.05, 3.63) is 40.5 Å². The van der Waals surface area contributed by atoms with Crippen LogP contribution in [0.15, 0.2) is 18.2 Å². The summed E-state index contributed by atoms with van der Waals surface area (Å²) in [7, 11) is 0. The molecular weight excluding hydrogens is 362 g/mol. The molecule has 2 aliphatic carbocycles. The van der Waals surface area contributed by atoms with Crippen molar-refractivity contribution in [2.45, 2.75) is 78.6 Å². The Bertz CT molecular complexity index is 948. The fourth-order valence-electron chi connectivity index (χ4n) is 7.19. The van der Waals surface area contributed by atoms with Gasteiger partial charge in [0.1, 0.15) is 11.4 Å². The van der Waals surface area contributed by atoms with E-state index in [0.29, 0.717) is 18.9 Å². The maximum atomic E-state index is 12.4. The monoisotopic (exact) mass is 395 g/mol. The zero-order valence-electron chi connectivity index (χ0n) is 18.3. The van der Waals surface area contributed by atoms with Gasteiger partial charge < -0.3 is 15.2 Å². The van der Waals surface area contributed by atoms with Gasteiger partial charge in [-0.1, -0.05) is 34.3 Å². The third kappa shape index (κ3) is 2.16. The molecule has 1 aromatic carbocycles. The average Bonchev–Trinajstić information content (AvgIpc) is 3.01. The standard InChI is InChI=1S/C25H33NO3/c1-13-9-16-18(12-26-22(16)28)20-17(13)11-24(6)15(3)7-8-19-23(4,5)21(27)14(2)10-25(19,24)29-20/h9,15,19,21,27H,2,7-8,10-12H2,1,3-6H3,(H,26,28)/t15-,19?,21?,24+,25?/m0/s1. The van der Waals surface area contributed by atoms with Crippen molar-refractivity contribution >= 4 is 5.91 Å². The molecule has 0 radical (unpaired) electrons. The molecule has 2 heterocycles. The third-order valence-electron chi connectivity index (χ3n) is 9.19. The van der Waals surface area contributed by atoms with Crippen LogP contribution in [0.2, 0.25) is 0 Å². The first-order valence-electron chi connectivity index (χ1n) is 11.0. The number of carbonyl (C=O) groups is 1. The van der Waals surface area contributed by atoms with Crippen LogP contribution < -0.4 is 10.1 Å². The molecule has 2 N–H and O–H groups in total. The van der Waals surface area contributed by atoms with Crippen molar-refractivity contribution in [3.63, 3.8) is 0 Å². The van der Waals surface area contributed by atoms with Gasteiger partial charge >= 0.3 is 0 Å². The van der Waals surface area contributed by atoms with Gasteiger partial charge in [-0.15, -0.1) is 0 Å². The van der Waals surface area contributed by atoms with E-state index in [2.05, 4.69) is 46.5 Å². The van der Waals surface area contributed by atoms with Gasteiger partial charge in [0.15, 0.2) is 0 Å². The lowest BCUT2D eigenvalue weighted by molar-refractivity contribution is -0.218. The highest BCUT2D eigenvalue weighted by Gasteiger charge is 2.68. The Balaban J connectivity index is 1.76. The molecule has 1 amide bonds. The molecule has 5 rings (SSSR count). The third-order valence-corrected chi connectivity index (χ3v) is 9.19. The van der Waals surface area contributed by atoms with Crippen LogP contribution in [0, 0.1) is 29.6 Å². The second-order valence-electron chi connectivity index (χ2n) is 10.9. The van der Waals surface area contributed by atoms with Gasteiger partial charge in [0.05, 0.1) is 6.10 Å². The first-order valence-corrected chi connectivity index (χ1v) is 11.0. The van der Waals surface area contributed by atoms with E-state index >= 15 is 0 Å². The van der Waals surface area contributed by atoms with Crippen LogP contribution in [-0.4, -0.2) is 22.7 Å². The molecule has 156 valence electrons. The minimum absolute atomic E-state index is 0.00213. The van der Waals surface area contributed by atoms with Crippen molar-refractivity contribution in [2.24, 2.45) is 22.7 Å². The second-order valence-corrected chi connectivity index (χ2v) is 10.9. The summed E-state index contributed by atoms with van der Waals surface area (Å²) in [5.41, 5.74) is 4.33. The summed E-state index contributed by atoms with van der Waals surface area (Å²) in [6.45, 7) is 16.0. The largest absolute Gasteiger partial charge is 0.485 e. The lowest BCUT2D eigenvalue weighted by Crippen LogP contribution is -2.70. The lowest BCUT2D eigenvalue weighted by Gasteiger charge is -2.67. The van der Waals surface area contributed by atoms with E-state index in [0.717, 1.165) is 47.3 Å². The number of carbonyl (C=O) groups excluding carboxylic acids is 1. The van der Waals surface area contributed by atoms with Crippen LogP contribution in [-0.2, 0) is 13.0 Å². The van der Waals surface area contributed by atoms with E-state index in [4.69, 9.17) is 4.74 Å². The SMILES string of the molecule is C=C1CC23Oc4c(c(C)cc5c4CNC5=O)C[C@]2(C)[C@@H](C)CCC3C(C)(C)C1O. The van der Waals surface area contributed by atoms with Crippen molar-refractivity contribution in [3.8, 4) is 5.75 Å². The van der Waals surface area contributed by atoms with E-state index < -0.39 is 11.7 Å². The second kappa shape index (κ2) is 5.66. The van der Waals surface area contributed by atoms with E-state index in [1.807, 2.05) is 6.07 Å². The Morgan fingerprint density at radius 1 is 1.21 bits per heavy atom. The number of hydrogen-bond acceptors (Lipinski definition) is 3. The molecule has 2 saturated carbocycles. The number of rotatable bonds is 0. The van der Waals surface area contributed by atoms with Gasteiger partial charge in [-0.25, -0.2) is 0 Å². The minimum Gasteiger partial charge on any atom is -0.485 e. The number of ether oxygens (including phenoxy) is 1. The van der Waals surface area contributed by atoms with Crippen molar-refractivity contribution in [2.75, 3.05) is 0 Å². The molecule has 3 unspecified atom stereocenters. The first kappa shape index (κ1) is 19.2. The van der Waals surface area contributed by atoms with E-state index in [-0.39, 0.29) is 22.7 Å². The number of aliphatic hydroxyl groups excluding tert-OH is 1. The first-order chi connectivity index (χ1) is 13.5. The summed E-state index contributed by atoms with van der Waals surface area (Å²) in [5, 5.41) is 14.0. The molecule has 29 heavy (non-hydrogen) atoms. The number of nitrogens with one attached hydrogen (secondary N) is 1. The predicted molar refractivity (Wildman–Crippen MR) is 113 cm³/mol. The summed E-state index contributed by atoms with van der Waals surface area (Å²) < 4.78 is 7.16. The highest BCUT2D eigenvalue weighted by Crippen LogP contribution is 2.67. The Morgan fingerprint density at radius 2 is 1.93 bits per heavy atom. The van der Waals surface area contributed by atoms with Gasteiger partial charge in [-0.05, 0) is 54.9 Å². The van der Waals surface area contributed by atoms with Crippen LogP contribution in [0.4, 0.5) is 0 Å². The predicted octanol–water partition coefficient (Wildman–Crippen LogP) is 4.31. The van der Waals surface area contributed by atoms with Crippen LogP contribution in [0.1, 0.15) is 74.0 Å². The average molecular weight is 396 g/mol. The molecule has 0 bridgehead atoms. The molecule has 2 aliphatic heterocycles. The number of amides is 1. The molecule has 1 aromatic rings. The van der Waals surface area contributed by atoms with Crippen molar-refractivity contribution in [1.29, 1.82) is 0 Å². The van der Waals surface area contributed by atoms with Gasteiger partial charge in [0.25, 0.3) is 5.91 Å². The Morgan fingerprint density at radius 3 is 2.66 bits per heavy atom. The molecule has 4 aliphatic rings. The van der Waals surface area contributed by atoms with Crippen LogP contribution in [0.5, 0.6) is 5.75 Å². The molecule has 5 atom stereocenters. The number of benzene rings is 1. The maximum absolute atomic E-state index is 12.4. The Hall–Kier alpha value is -1.81. The van der Waals surface area contributed by atoms with Crippen molar-refractivity contribution in [1.82, 2.24) is 5.32 Å². The fraction of sp³-hybridized carbons (Fsp3) is 0.640. The quantitative estimate of drug-likeness (QED) is 0.644. The Kier molecular flexibility index (Phi) is 3.74. The molecule has 1 spiro atoms. The molecule has 2 fully saturated rings. The zero-order valence-corrected chi connectivity index (χ0v) is 18.3. The summed E-state index contributed by atoms with van der Waals surface area (Å²) in [4.78, 5) is 12.4. The number of aryl methyl sites for hydroxylation is 1. The smallest absolute Gasteiger partial charge is 0.252 e. The highest BCUT2D eigenvalue weighted by atomic mass is 16.5. The van der Waals surface area contributed by atoms with Gasteiger partial charge in [0, 0.05) is 40.8 Å². The van der Waals surface area contributed by atoms with Gasteiger partial charge in [-0.3, -0.25) is 4.79 Å². The topological polar surface area (TPSA) is 58.6 Å². The van der Waals surface area contributed by atoms with E-state index in [1.54, 1.807) is 0 Å². The minimum atomic E-state index is -0.507. The normalized spacial score (nSPS) is 39.6. The molecule has 0 saturated heterocycles. The summed E-state index contributed by atoms with van der Waals surface area (Å²) >= 11 is 0. The number of hydrogen-bond donors (Lipinski definition) is 2. The van der Waals surface area contributed by atoms with Crippen LogP contribution in [0.25, 0.3) is 0 Å². The molecule has 0 aromatic heterocycles. The van der Waals surface area contributed by atoms with Gasteiger partial charge in [0.2, 0.25) is 0 Å². The van der Waals surface area contributed by atoms with Gasteiger partial charge in [-0.2, -0.15) is 0 Å². The van der Waals surface area contributed by atoms with Crippen LogP contribution >= 0.6 is 0 Å². The van der Waals surface area contributed by atoms with Crippen molar-refractivity contribution < 1.29 is 14.6 Å². The van der Waals surface area contributed by atoms with Crippen LogP contribution in [0.3, 0.4) is 0 Å².